The van der Waals surface area contributed by atoms with Gasteiger partial charge in [-0.15, -0.1) is 0 Å². The molecule has 0 radical (unpaired) electrons. The number of para-hydroxylation sites is 1. The summed E-state index contributed by atoms with van der Waals surface area (Å²) < 4.78 is 39.0. The minimum Gasteiger partial charge on any atom is -0.491 e. The molecule has 8 heteroatoms. The van der Waals surface area contributed by atoms with Gasteiger partial charge in [0.1, 0.15) is 12.4 Å². The van der Waals surface area contributed by atoms with Crippen LogP contribution in [0, 0.1) is 0 Å². The third-order valence-electron chi connectivity index (χ3n) is 6.12. The summed E-state index contributed by atoms with van der Waals surface area (Å²) in [5, 5.41) is 2.81. The molecule has 5 rings (SSSR count). The predicted octanol–water partition coefficient (Wildman–Crippen LogP) is 4.25. The van der Waals surface area contributed by atoms with Crippen LogP contribution in [-0.4, -0.2) is 40.2 Å². The summed E-state index contributed by atoms with van der Waals surface area (Å²) in [6.45, 7) is 1.71. The number of nitrogens with zero attached hydrogens (tertiary/aromatic N) is 1. The van der Waals surface area contributed by atoms with E-state index in [1.54, 1.807) is 36.4 Å². The molecule has 7 nitrogen and oxygen atoms in total. The average molecular weight is 479 g/mol. The van der Waals surface area contributed by atoms with Crippen LogP contribution in [0.15, 0.2) is 77.7 Å². The number of carbonyl (C=O) groups is 1. The van der Waals surface area contributed by atoms with E-state index in [1.807, 2.05) is 24.3 Å². The second-order valence-corrected chi connectivity index (χ2v) is 10.3. The van der Waals surface area contributed by atoms with E-state index in [2.05, 4.69) is 5.32 Å². The third kappa shape index (κ3) is 4.64. The second kappa shape index (κ2) is 9.48. The fourth-order valence-corrected chi connectivity index (χ4v) is 5.77. The van der Waals surface area contributed by atoms with Crippen molar-refractivity contribution < 1.29 is 22.7 Å². The number of rotatable bonds is 7. The van der Waals surface area contributed by atoms with Crippen molar-refractivity contribution in [2.45, 2.75) is 30.3 Å². The summed E-state index contributed by atoms with van der Waals surface area (Å²) >= 11 is 0. The van der Waals surface area contributed by atoms with E-state index in [9.17, 15) is 13.2 Å². The second-order valence-electron chi connectivity index (χ2n) is 8.40. The maximum Gasteiger partial charge on any atom is 0.264 e. The number of hydrogen-bond acceptors (Lipinski definition) is 5. The molecule has 0 saturated carbocycles. The van der Waals surface area contributed by atoms with Crippen molar-refractivity contribution in [3.8, 4) is 5.75 Å². The maximum atomic E-state index is 13.1. The Kier molecular flexibility index (Phi) is 6.26. The van der Waals surface area contributed by atoms with E-state index in [0.29, 0.717) is 36.6 Å². The molecule has 0 aromatic heterocycles. The lowest BCUT2D eigenvalue weighted by molar-refractivity contribution is 0.0679. The van der Waals surface area contributed by atoms with Crippen molar-refractivity contribution in [2.24, 2.45) is 0 Å². The summed E-state index contributed by atoms with van der Waals surface area (Å²) in [7, 11) is -3.67. The van der Waals surface area contributed by atoms with Crippen molar-refractivity contribution in [1.82, 2.24) is 0 Å². The summed E-state index contributed by atoms with van der Waals surface area (Å²) in [6.07, 6.45) is 2.90. The molecule has 3 aromatic rings. The molecule has 2 aliphatic rings. The zero-order valence-corrected chi connectivity index (χ0v) is 19.5. The van der Waals surface area contributed by atoms with Gasteiger partial charge in [0.05, 0.1) is 16.7 Å². The monoisotopic (exact) mass is 478 g/mol. The first kappa shape index (κ1) is 22.4. The predicted molar refractivity (Wildman–Crippen MR) is 130 cm³/mol. The Morgan fingerprint density at radius 1 is 1.03 bits per heavy atom. The summed E-state index contributed by atoms with van der Waals surface area (Å²) in [4.78, 5) is 12.8. The molecule has 34 heavy (non-hydrogen) atoms. The Hall–Kier alpha value is -3.36. The van der Waals surface area contributed by atoms with E-state index in [-0.39, 0.29) is 16.9 Å². The fraction of sp³-hybridized carbons (Fsp3) is 0.269. The minimum atomic E-state index is -3.67. The van der Waals surface area contributed by atoms with Crippen molar-refractivity contribution in [2.75, 3.05) is 29.4 Å². The molecule has 1 atom stereocenters. The molecule has 1 unspecified atom stereocenters. The van der Waals surface area contributed by atoms with Gasteiger partial charge in [-0.1, -0.05) is 18.2 Å². The lowest BCUT2D eigenvalue weighted by atomic mass is 10.2. The van der Waals surface area contributed by atoms with Crippen molar-refractivity contribution in [3.63, 3.8) is 0 Å². The van der Waals surface area contributed by atoms with Crippen LogP contribution < -0.4 is 14.4 Å². The number of hydrogen-bond donors (Lipinski definition) is 1. The molecular weight excluding hydrogens is 452 g/mol. The summed E-state index contributed by atoms with van der Waals surface area (Å²) in [6, 6.07) is 20.7. The zero-order chi connectivity index (χ0) is 23.5. The van der Waals surface area contributed by atoms with Crippen LogP contribution in [0.3, 0.4) is 0 Å². The molecular formula is C26H26N2O5S. The first-order valence-corrected chi connectivity index (χ1v) is 12.8. The van der Waals surface area contributed by atoms with Gasteiger partial charge in [0.15, 0.2) is 0 Å². The molecule has 0 spiro atoms. The van der Waals surface area contributed by atoms with Crippen LogP contribution >= 0.6 is 0 Å². The van der Waals surface area contributed by atoms with Gasteiger partial charge in [-0.2, -0.15) is 0 Å². The van der Waals surface area contributed by atoms with Gasteiger partial charge < -0.3 is 14.8 Å². The molecule has 3 aromatic carbocycles. The highest BCUT2D eigenvalue weighted by Crippen LogP contribution is 2.33. The van der Waals surface area contributed by atoms with Crippen molar-refractivity contribution >= 4 is 27.3 Å². The van der Waals surface area contributed by atoms with Gasteiger partial charge in [-0.25, -0.2) is 8.42 Å². The quantitative estimate of drug-likeness (QED) is 0.549. The van der Waals surface area contributed by atoms with Gasteiger partial charge in [0.25, 0.3) is 15.9 Å². The lowest BCUT2D eigenvalue weighted by Crippen LogP contribution is -2.29. The summed E-state index contributed by atoms with van der Waals surface area (Å²) in [5.41, 5.74) is 2.75. The van der Waals surface area contributed by atoms with Crippen molar-refractivity contribution in [1.29, 1.82) is 0 Å². The van der Waals surface area contributed by atoms with Gasteiger partial charge in [-0.05, 0) is 79.4 Å². The first-order chi connectivity index (χ1) is 16.5. The lowest BCUT2D eigenvalue weighted by Gasteiger charge is -2.19. The maximum absolute atomic E-state index is 13.1. The van der Waals surface area contributed by atoms with Crippen LogP contribution in [0.25, 0.3) is 0 Å². The zero-order valence-electron chi connectivity index (χ0n) is 18.6. The number of carbonyl (C=O) groups excluding carboxylic acids is 1. The van der Waals surface area contributed by atoms with Gasteiger partial charge in [-0.3, -0.25) is 9.10 Å². The number of amides is 1. The highest BCUT2D eigenvalue weighted by atomic mass is 32.2. The number of ether oxygens (including phenoxy) is 2. The highest BCUT2D eigenvalue weighted by molar-refractivity contribution is 7.92. The Labute approximate surface area is 199 Å². The van der Waals surface area contributed by atoms with Crippen LogP contribution in [-0.2, 0) is 21.2 Å². The summed E-state index contributed by atoms with van der Waals surface area (Å²) in [5.74, 6) is 0.403. The third-order valence-corrected chi connectivity index (χ3v) is 7.95. The smallest absolute Gasteiger partial charge is 0.264 e. The molecule has 1 fully saturated rings. The Morgan fingerprint density at radius 2 is 1.79 bits per heavy atom. The van der Waals surface area contributed by atoms with Crippen molar-refractivity contribution in [3.05, 3.63) is 83.9 Å². The SMILES string of the molecule is O=C(Nc1ccc(S(=O)(=O)N2CCc3ccccc32)cc1)c1ccc(OCC2CCCO2)cc1. The molecule has 2 aliphatic heterocycles. The standard InChI is InChI=1S/C26H26N2O5S/c29-26(20-7-11-22(12-8-20)33-18-23-5-3-17-32-23)27-21-9-13-24(14-10-21)34(30,31)28-16-15-19-4-1-2-6-25(19)28/h1-2,4,6-14,23H,3,5,15-18H2,(H,27,29). The minimum absolute atomic E-state index is 0.134. The first-order valence-electron chi connectivity index (χ1n) is 11.4. The Bertz CT molecular complexity index is 1270. The van der Waals surface area contributed by atoms with E-state index in [0.717, 1.165) is 30.7 Å². The molecule has 176 valence electrons. The van der Waals surface area contributed by atoms with Gasteiger partial charge >= 0.3 is 0 Å². The van der Waals surface area contributed by atoms with Gasteiger partial charge in [0, 0.05) is 24.4 Å². The van der Waals surface area contributed by atoms with E-state index < -0.39 is 10.0 Å². The van der Waals surface area contributed by atoms with E-state index in [4.69, 9.17) is 9.47 Å². The highest BCUT2D eigenvalue weighted by Gasteiger charge is 2.30. The molecule has 0 aliphatic carbocycles. The largest absolute Gasteiger partial charge is 0.491 e. The average Bonchev–Trinajstić information content (AvgIpc) is 3.54. The Balaban J connectivity index is 1.21. The van der Waals surface area contributed by atoms with E-state index in [1.165, 1.54) is 16.4 Å². The number of anilines is 2. The molecule has 1 saturated heterocycles. The molecule has 2 heterocycles. The number of benzene rings is 3. The molecule has 1 amide bonds. The topological polar surface area (TPSA) is 84.9 Å². The van der Waals surface area contributed by atoms with Crippen LogP contribution in [0.5, 0.6) is 5.75 Å². The molecule has 0 bridgehead atoms. The van der Waals surface area contributed by atoms with Crippen LogP contribution in [0.1, 0.15) is 28.8 Å². The molecule has 1 N–H and O–H groups in total. The fourth-order valence-electron chi connectivity index (χ4n) is 4.27. The van der Waals surface area contributed by atoms with Crippen LogP contribution in [0.2, 0.25) is 0 Å². The normalized spacial score (nSPS) is 17.4. The van der Waals surface area contributed by atoms with E-state index >= 15 is 0 Å². The van der Waals surface area contributed by atoms with Crippen LogP contribution in [0.4, 0.5) is 11.4 Å². The van der Waals surface area contributed by atoms with Gasteiger partial charge in [0.2, 0.25) is 0 Å². The number of sulfonamides is 1. The Morgan fingerprint density at radius 3 is 2.53 bits per heavy atom. The number of fused-ring (bicyclic) bond motifs is 1. The number of nitrogens with one attached hydrogen (secondary N) is 1.